The van der Waals surface area contributed by atoms with Gasteiger partial charge in [0.1, 0.15) is 5.60 Å². The van der Waals surface area contributed by atoms with Gasteiger partial charge in [-0.2, -0.15) is 0 Å². The third-order valence-electron chi connectivity index (χ3n) is 6.59. The molecule has 1 heterocycles. The van der Waals surface area contributed by atoms with Gasteiger partial charge < -0.3 is 26.0 Å². The summed E-state index contributed by atoms with van der Waals surface area (Å²) in [6.45, 7) is 9.64. The molecule has 222 valence electrons. The average molecular weight is 562 g/mol. The number of fused-ring (bicyclic) bond motifs is 1. The SMILES string of the molecule is CCNC(=O)c1cnc2ccc(NCCCCCCCCCCNC(=O)OC(C)(C)C)cc2c1Nc1ccccc1. The number of amides is 2. The van der Waals surface area contributed by atoms with Crippen LogP contribution in [0.1, 0.15) is 89.4 Å². The molecule has 0 spiro atoms. The first-order valence-electron chi connectivity index (χ1n) is 15.0. The molecule has 8 heteroatoms. The Kier molecular flexibility index (Phi) is 12.7. The highest BCUT2D eigenvalue weighted by Crippen LogP contribution is 2.31. The van der Waals surface area contributed by atoms with E-state index in [-0.39, 0.29) is 12.0 Å². The second kappa shape index (κ2) is 16.5. The Hall–Kier alpha value is -3.81. The number of aromatic nitrogens is 1. The van der Waals surface area contributed by atoms with Crippen LogP contribution in [0.4, 0.5) is 21.9 Å². The Morgan fingerprint density at radius 1 is 0.805 bits per heavy atom. The number of carbonyl (C=O) groups excluding carboxylic acids is 2. The zero-order valence-electron chi connectivity index (χ0n) is 25.1. The Morgan fingerprint density at radius 3 is 2.12 bits per heavy atom. The molecular formula is C33H47N5O3. The molecular weight excluding hydrogens is 514 g/mol. The van der Waals surface area contributed by atoms with E-state index in [0.717, 1.165) is 53.8 Å². The van der Waals surface area contributed by atoms with Crippen molar-refractivity contribution in [2.45, 2.75) is 84.7 Å². The van der Waals surface area contributed by atoms with Gasteiger partial charge in [0.2, 0.25) is 0 Å². The predicted octanol–water partition coefficient (Wildman–Crippen LogP) is 7.79. The molecule has 0 aliphatic heterocycles. The number of nitrogens with zero attached hydrogens (tertiary/aromatic N) is 1. The van der Waals surface area contributed by atoms with Gasteiger partial charge in [-0.15, -0.1) is 0 Å². The van der Waals surface area contributed by atoms with Crippen molar-refractivity contribution in [1.29, 1.82) is 0 Å². The fourth-order valence-corrected chi connectivity index (χ4v) is 4.58. The van der Waals surface area contributed by atoms with Crippen molar-refractivity contribution < 1.29 is 14.3 Å². The third-order valence-corrected chi connectivity index (χ3v) is 6.59. The lowest BCUT2D eigenvalue weighted by atomic mass is 10.1. The summed E-state index contributed by atoms with van der Waals surface area (Å²) in [5.74, 6) is -0.142. The molecule has 0 aliphatic carbocycles. The summed E-state index contributed by atoms with van der Waals surface area (Å²) in [5, 5.41) is 13.6. The van der Waals surface area contributed by atoms with E-state index >= 15 is 0 Å². The number of benzene rings is 2. The Morgan fingerprint density at radius 2 is 1.46 bits per heavy atom. The quantitative estimate of drug-likeness (QED) is 0.133. The standard InChI is InChI=1S/C33H47N5O3/c1-5-34-31(39)28-24-37-29-20-19-26(23-27(29)30(28)38-25-17-13-12-14-18-25)35-21-15-10-8-6-7-9-11-16-22-36-32(40)41-33(2,3)4/h12-14,17-20,23-24,35H,5-11,15-16,21-22H2,1-4H3,(H,34,39)(H,36,40)(H,37,38). The van der Waals surface area contributed by atoms with Crippen LogP contribution in [-0.2, 0) is 4.74 Å². The molecule has 1 aromatic heterocycles. The topological polar surface area (TPSA) is 104 Å². The summed E-state index contributed by atoms with van der Waals surface area (Å²) in [6.07, 6.45) is 10.6. The Labute approximate surface area is 245 Å². The van der Waals surface area contributed by atoms with E-state index in [4.69, 9.17) is 4.74 Å². The molecule has 8 nitrogen and oxygen atoms in total. The molecule has 0 atom stereocenters. The molecule has 0 aliphatic rings. The zero-order valence-corrected chi connectivity index (χ0v) is 25.1. The second-order valence-corrected chi connectivity index (χ2v) is 11.3. The third kappa shape index (κ3) is 11.3. The molecule has 4 N–H and O–H groups in total. The molecule has 0 bridgehead atoms. The van der Waals surface area contributed by atoms with Crippen molar-refractivity contribution in [2.24, 2.45) is 0 Å². The highest BCUT2D eigenvalue weighted by atomic mass is 16.6. The minimum Gasteiger partial charge on any atom is -0.444 e. The summed E-state index contributed by atoms with van der Waals surface area (Å²) in [4.78, 5) is 29.0. The number of alkyl carbamates (subject to hydrolysis) is 1. The smallest absolute Gasteiger partial charge is 0.407 e. The number of pyridine rings is 1. The van der Waals surface area contributed by atoms with Crippen molar-refractivity contribution in [3.63, 3.8) is 0 Å². The van der Waals surface area contributed by atoms with Crippen molar-refractivity contribution in [3.8, 4) is 0 Å². The molecule has 0 saturated carbocycles. The fourth-order valence-electron chi connectivity index (χ4n) is 4.58. The number of nitrogens with one attached hydrogen (secondary N) is 4. The number of rotatable bonds is 16. The van der Waals surface area contributed by atoms with Gasteiger partial charge in [0.15, 0.2) is 0 Å². The van der Waals surface area contributed by atoms with E-state index in [2.05, 4.69) is 32.3 Å². The Balaban J connectivity index is 1.41. The van der Waals surface area contributed by atoms with Crippen molar-refractivity contribution in [1.82, 2.24) is 15.6 Å². The number of carbonyl (C=O) groups is 2. The van der Waals surface area contributed by atoms with Crippen LogP contribution in [0.2, 0.25) is 0 Å². The lowest BCUT2D eigenvalue weighted by Crippen LogP contribution is -2.32. The van der Waals surface area contributed by atoms with E-state index in [1.165, 1.54) is 32.1 Å². The zero-order chi connectivity index (χ0) is 29.5. The number of anilines is 3. The largest absolute Gasteiger partial charge is 0.444 e. The maximum atomic E-state index is 12.8. The van der Waals surface area contributed by atoms with Crippen molar-refractivity contribution in [3.05, 3.63) is 60.3 Å². The molecule has 2 amide bonds. The first-order valence-corrected chi connectivity index (χ1v) is 15.0. The van der Waals surface area contributed by atoms with Gasteiger partial charge in [0, 0.05) is 42.6 Å². The molecule has 2 aromatic carbocycles. The predicted molar refractivity (Wildman–Crippen MR) is 169 cm³/mol. The minimum absolute atomic E-state index is 0.142. The maximum absolute atomic E-state index is 12.8. The maximum Gasteiger partial charge on any atom is 0.407 e. The molecule has 0 fully saturated rings. The lowest BCUT2D eigenvalue weighted by molar-refractivity contribution is 0.0526. The first kappa shape index (κ1) is 31.7. The molecule has 41 heavy (non-hydrogen) atoms. The molecule has 0 unspecified atom stereocenters. The number of ether oxygens (including phenoxy) is 1. The normalized spacial score (nSPS) is 11.2. The van der Waals surface area contributed by atoms with Crippen LogP contribution < -0.4 is 21.3 Å². The average Bonchev–Trinajstić information content (AvgIpc) is 2.93. The van der Waals surface area contributed by atoms with Gasteiger partial charge in [0.25, 0.3) is 5.91 Å². The number of unbranched alkanes of at least 4 members (excludes halogenated alkanes) is 7. The van der Waals surface area contributed by atoms with Crippen LogP contribution in [0.5, 0.6) is 0 Å². The molecule has 3 aromatic rings. The summed E-state index contributed by atoms with van der Waals surface area (Å²) in [6, 6.07) is 16.0. The lowest BCUT2D eigenvalue weighted by Gasteiger charge is -2.19. The number of hydrogen-bond donors (Lipinski definition) is 4. The molecule has 0 saturated heterocycles. The van der Waals surface area contributed by atoms with E-state index in [1.54, 1.807) is 6.20 Å². The van der Waals surface area contributed by atoms with Gasteiger partial charge >= 0.3 is 6.09 Å². The molecule has 3 rings (SSSR count). The van der Waals surface area contributed by atoms with E-state index in [0.29, 0.717) is 18.7 Å². The summed E-state index contributed by atoms with van der Waals surface area (Å²) in [7, 11) is 0. The highest BCUT2D eigenvalue weighted by molar-refractivity contribution is 6.08. The summed E-state index contributed by atoms with van der Waals surface area (Å²) >= 11 is 0. The Bertz CT molecular complexity index is 1240. The monoisotopic (exact) mass is 561 g/mol. The van der Waals surface area contributed by atoms with Crippen LogP contribution >= 0.6 is 0 Å². The fraction of sp³-hybridized carbons (Fsp3) is 0.485. The second-order valence-electron chi connectivity index (χ2n) is 11.3. The van der Waals surface area contributed by atoms with Crippen molar-refractivity contribution >= 4 is 40.0 Å². The van der Waals surface area contributed by atoms with E-state index in [1.807, 2.05) is 70.2 Å². The van der Waals surface area contributed by atoms with Crippen LogP contribution in [0.3, 0.4) is 0 Å². The first-order chi connectivity index (χ1) is 19.8. The van der Waals surface area contributed by atoms with Crippen LogP contribution in [0, 0.1) is 0 Å². The summed E-state index contributed by atoms with van der Waals surface area (Å²) < 4.78 is 5.25. The van der Waals surface area contributed by atoms with E-state index in [9.17, 15) is 9.59 Å². The summed E-state index contributed by atoms with van der Waals surface area (Å²) in [5.41, 5.74) is 3.61. The van der Waals surface area contributed by atoms with Gasteiger partial charge in [-0.3, -0.25) is 9.78 Å². The van der Waals surface area contributed by atoms with Gasteiger partial charge in [-0.1, -0.05) is 56.7 Å². The van der Waals surface area contributed by atoms with Crippen LogP contribution in [-0.4, -0.2) is 42.2 Å². The van der Waals surface area contributed by atoms with Gasteiger partial charge in [-0.05, 0) is 70.9 Å². The van der Waals surface area contributed by atoms with Crippen LogP contribution in [0.15, 0.2) is 54.7 Å². The van der Waals surface area contributed by atoms with Gasteiger partial charge in [0.05, 0.1) is 16.8 Å². The minimum atomic E-state index is -0.451. The van der Waals surface area contributed by atoms with Crippen LogP contribution in [0.25, 0.3) is 10.9 Å². The number of para-hydroxylation sites is 1. The highest BCUT2D eigenvalue weighted by Gasteiger charge is 2.17. The van der Waals surface area contributed by atoms with E-state index < -0.39 is 5.60 Å². The van der Waals surface area contributed by atoms with Gasteiger partial charge in [-0.25, -0.2) is 4.79 Å². The molecule has 0 radical (unpaired) electrons. The number of hydrogen-bond acceptors (Lipinski definition) is 6. The van der Waals surface area contributed by atoms with Crippen molar-refractivity contribution in [2.75, 3.05) is 30.3 Å².